The Kier molecular flexibility index (Phi) is 6.05. The lowest BCUT2D eigenvalue weighted by Crippen LogP contribution is -2.21. The number of hydrogen-bond acceptors (Lipinski definition) is 4. The Bertz CT molecular complexity index is 773. The molecule has 23 heavy (non-hydrogen) atoms. The van der Waals surface area contributed by atoms with Gasteiger partial charge in [0.25, 0.3) is 0 Å². The molecule has 9 heteroatoms. The van der Waals surface area contributed by atoms with Crippen LogP contribution in [0, 0.1) is 0 Å². The summed E-state index contributed by atoms with van der Waals surface area (Å²) in [6, 6.07) is 13.7. The minimum absolute atomic E-state index is 0.00742. The maximum Gasteiger partial charge on any atom is 0.449 e. The van der Waals surface area contributed by atoms with E-state index in [1.807, 2.05) is 18.2 Å². The van der Waals surface area contributed by atoms with Crippen molar-refractivity contribution >= 4 is 56.8 Å². The summed E-state index contributed by atoms with van der Waals surface area (Å²) < 4.78 is 31.4. The molecule has 0 saturated carbocycles. The zero-order valence-corrected chi connectivity index (χ0v) is 15.2. The first kappa shape index (κ1) is 18.6. The van der Waals surface area contributed by atoms with Crippen LogP contribution in [0.25, 0.3) is 11.1 Å². The molecule has 4 nitrogen and oxygen atoms in total. The normalized spacial score (nSPS) is 12.2. The summed E-state index contributed by atoms with van der Waals surface area (Å²) in [5.41, 5.74) is 1.27. The zero-order valence-electron chi connectivity index (χ0n) is 11.4. The lowest BCUT2D eigenvalue weighted by atomic mass is 10.1. The lowest BCUT2D eigenvalue weighted by molar-refractivity contribution is 0.279. The van der Waals surface area contributed by atoms with Gasteiger partial charge in [-0.25, -0.2) is 4.18 Å². The number of hydrogen-bond donors (Lipinski definition) is 0. The first-order valence-electron chi connectivity index (χ1n) is 6.17. The SMILES string of the molecule is O=S(=O)(OCC(Cl)(Cl)Cl)Oc1cc(Cl)ccc1-c1ccccc1. The van der Waals surface area contributed by atoms with Crippen LogP contribution in [0.15, 0.2) is 48.5 Å². The molecule has 0 bridgehead atoms. The highest BCUT2D eigenvalue weighted by atomic mass is 35.6. The molecule has 2 aromatic carbocycles. The van der Waals surface area contributed by atoms with Gasteiger partial charge in [0.2, 0.25) is 3.79 Å². The van der Waals surface area contributed by atoms with Crippen molar-refractivity contribution in [2.24, 2.45) is 0 Å². The van der Waals surface area contributed by atoms with Crippen LogP contribution in [0.3, 0.4) is 0 Å². The Balaban J connectivity index is 2.31. The van der Waals surface area contributed by atoms with E-state index in [2.05, 4.69) is 4.18 Å². The van der Waals surface area contributed by atoms with E-state index >= 15 is 0 Å². The van der Waals surface area contributed by atoms with Gasteiger partial charge in [-0.2, -0.15) is 8.42 Å². The Morgan fingerprint density at radius 1 is 1.00 bits per heavy atom. The second-order valence-electron chi connectivity index (χ2n) is 4.38. The number of halogens is 4. The van der Waals surface area contributed by atoms with Gasteiger partial charge in [-0.1, -0.05) is 76.7 Å². The predicted molar refractivity (Wildman–Crippen MR) is 92.7 cm³/mol. The number of benzene rings is 2. The number of alkyl halides is 3. The molecule has 0 saturated heterocycles. The molecule has 0 aliphatic carbocycles. The molecule has 0 N–H and O–H groups in total. The van der Waals surface area contributed by atoms with Gasteiger partial charge in [0, 0.05) is 16.7 Å². The summed E-state index contributed by atoms with van der Waals surface area (Å²) in [5.74, 6) is 0.00742. The van der Waals surface area contributed by atoms with Crippen molar-refractivity contribution in [3.05, 3.63) is 53.6 Å². The van der Waals surface area contributed by atoms with Crippen molar-refractivity contribution in [3.8, 4) is 16.9 Å². The van der Waals surface area contributed by atoms with Gasteiger partial charge < -0.3 is 4.18 Å². The van der Waals surface area contributed by atoms with Crippen LogP contribution < -0.4 is 4.18 Å². The maximum absolute atomic E-state index is 11.9. The van der Waals surface area contributed by atoms with Crippen molar-refractivity contribution in [2.75, 3.05) is 6.61 Å². The van der Waals surface area contributed by atoms with Gasteiger partial charge in [-0.3, -0.25) is 0 Å². The van der Waals surface area contributed by atoms with Crippen LogP contribution >= 0.6 is 46.4 Å². The van der Waals surface area contributed by atoms with Crippen LogP contribution in [-0.4, -0.2) is 18.8 Å². The summed E-state index contributed by atoms with van der Waals surface area (Å²) in [7, 11) is -4.43. The molecule has 0 aliphatic rings. The third-order valence-corrected chi connectivity index (χ3v) is 3.94. The third-order valence-electron chi connectivity index (χ3n) is 2.59. The van der Waals surface area contributed by atoms with Crippen molar-refractivity contribution in [3.63, 3.8) is 0 Å². The Morgan fingerprint density at radius 3 is 2.26 bits per heavy atom. The van der Waals surface area contributed by atoms with Crippen LogP contribution in [-0.2, 0) is 14.6 Å². The van der Waals surface area contributed by atoms with E-state index < -0.39 is 20.8 Å². The molecule has 0 fully saturated rings. The van der Waals surface area contributed by atoms with E-state index in [4.69, 9.17) is 50.6 Å². The van der Waals surface area contributed by atoms with E-state index in [0.29, 0.717) is 10.6 Å². The molecule has 0 aliphatic heterocycles. The van der Waals surface area contributed by atoms with Gasteiger partial charge in [0.05, 0.1) is 0 Å². The standard InChI is InChI=1S/C14H10Cl4O4S/c15-11-6-7-12(10-4-2-1-3-5-10)13(8-11)22-23(19,20)21-9-14(16,17)18/h1-8H,9H2. The summed E-state index contributed by atoms with van der Waals surface area (Å²) >= 11 is 22.3. The lowest BCUT2D eigenvalue weighted by Gasteiger charge is -2.14. The zero-order chi connectivity index (χ0) is 17.1. The van der Waals surface area contributed by atoms with Gasteiger partial charge in [-0.05, 0) is 17.7 Å². The summed E-state index contributed by atoms with van der Waals surface area (Å²) in [6.45, 7) is -0.679. The van der Waals surface area contributed by atoms with Crippen LogP contribution in [0.1, 0.15) is 0 Å². The van der Waals surface area contributed by atoms with E-state index in [1.165, 1.54) is 6.07 Å². The predicted octanol–water partition coefficient (Wildman–Crippen LogP) is 5.02. The topological polar surface area (TPSA) is 52.6 Å². The Labute approximate surface area is 154 Å². The molecular formula is C14H10Cl4O4S. The molecule has 0 aromatic heterocycles. The fourth-order valence-corrected chi connectivity index (χ4v) is 2.94. The Morgan fingerprint density at radius 2 is 1.65 bits per heavy atom. The molecule has 0 radical (unpaired) electrons. The third kappa shape index (κ3) is 6.03. The highest BCUT2D eigenvalue weighted by Crippen LogP contribution is 2.34. The molecular weight excluding hydrogens is 406 g/mol. The van der Waals surface area contributed by atoms with E-state index in [-0.39, 0.29) is 5.75 Å². The first-order chi connectivity index (χ1) is 10.7. The average molecular weight is 416 g/mol. The Hall–Kier alpha value is -0.690. The van der Waals surface area contributed by atoms with Gasteiger partial charge >= 0.3 is 10.4 Å². The monoisotopic (exact) mass is 414 g/mol. The fraction of sp³-hybridized carbons (Fsp3) is 0.143. The highest BCUT2D eigenvalue weighted by Gasteiger charge is 2.26. The summed E-state index contributed by atoms with van der Waals surface area (Å²) in [4.78, 5) is 0. The van der Waals surface area contributed by atoms with Crippen LogP contribution in [0.2, 0.25) is 5.02 Å². The number of rotatable bonds is 5. The first-order valence-corrected chi connectivity index (χ1v) is 9.01. The van der Waals surface area contributed by atoms with Gasteiger partial charge in [0.15, 0.2) is 5.75 Å². The van der Waals surface area contributed by atoms with Gasteiger partial charge in [0.1, 0.15) is 6.61 Å². The van der Waals surface area contributed by atoms with Crippen LogP contribution in [0.4, 0.5) is 0 Å². The average Bonchev–Trinajstić information content (AvgIpc) is 2.45. The van der Waals surface area contributed by atoms with E-state index in [0.717, 1.165) is 5.56 Å². The minimum Gasteiger partial charge on any atom is -0.361 e. The fourth-order valence-electron chi connectivity index (χ4n) is 1.69. The quantitative estimate of drug-likeness (QED) is 0.643. The second kappa shape index (κ2) is 7.47. The molecule has 0 amide bonds. The molecule has 124 valence electrons. The second-order valence-corrected chi connectivity index (χ2v) is 8.55. The largest absolute Gasteiger partial charge is 0.449 e. The van der Waals surface area contributed by atoms with Crippen molar-refractivity contribution < 1.29 is 16.8 Å². The minimum atomic E-state index is -4.43. The highest BCUT2D eigenvalue weighted by molar-refractivity contribution is 7.82. The summed E-state index contributed by atoms with van der Waals surface area (Å²) in [6.07, 6.45) is 0. The van der Waals surface area contributed by atoms with E-state index in [1.54, 1.807) is 24.3 Å². The van der Waals surface area contributed by atoms with Gasteiger partial charge in [-0.15, -0.1) is 0 Å². The smallest absolute Gasteiger partial charge is 0.361 e. The molecule has 0 unspecified atom stereocenters. The maximum atomic E-state index is 11.9. The molecule has 0 heterocycles. The molecule has 2 rings (SSSR count). The molecule has 0 spiro atoms. The molecule has 0 atom stereocenters. The van der Waals surface area contributed by atoms with E-state index in [9.17, 15) is 8.42 Å². The van der Waals surface area contributed by atoms with Crippen molar-refractivity contribution in [1.82, 2.24) is 0 Å². The van der Waals surface area contributed by atoms with Crippen LogP contribution in [0.5, 0.6) is 5.75 Å². The summed E-state index contributed by atoms with van der Waals surface area (Å²) in [5, 5.41) is 0.302. The molecule has 2 aromatic rings. The van der Waals surface area contributed by atoms with Crippen molar-refractivity contribution in [2.45, 2.75) is 3.79 Å². The van der Waals surface area contributed by atoms with Crippen molar-refractivity contribution in [1.29, 1.82) is 0 Å².